The Morgan fingerprint density at radius 2 is 2.00 bits per heavy atom. The fourth-order valence-electron chi connectivity index (χ4n) is 2.07. The fourth-order valence-corrected chi connectivity index (χ4v) is 2.07. The third-order valence-corrected chi connectivity index (χ3v) is 3.10. The van der Waals surface area contributed by atoms with E-state index >= 15 is 0 Å². The number of aryl methyl sites for hydroxylation is 1. The standard InChI is InChI=1S/C16H20N2O/c1-3-13-7-4-5-9-15(13)19-16(12(2)17)14-8-6-10-18-11-14/h4-12,16H,3,17H2,1-2H3. The van der Waals surface area contributed by atoms with E-state index < -0.39 is 0 Å². The first-order valence-corrected chi connectivity index (χ1v) is 6.62. The number of hydrogen-bond acceptors (Lipinski definition) is 3. The van der Waals surface area contributed by atoms with Gasteiger partial charge in [-0.2, -0.15) is 0 Å². The molecule has 1 heterocycles. The highest BCUT2D eigenvalue weighted by atomic mass is 16.5. The van der Waals surface area contributed by atoms with Gasteiger partial charge in [0.2, 0.25) is 0 Å². The van der Waals surface area contributed by atoms with Crippen LogP contribution in [0.25, 0.3) is 0 Å². The molecule has 0 radical (unpaired) electrons. The van der Waals surface area contributed by atoms with E-state index in [1.807, 2.05) is 43.5 Å². The summed E-state index contributed by atoms with van der Waals surface area (Å²) in [6.07, 6.45) is 4.32. The van der Waals surface area contributed by atoms with Crippen LogP contribution in [0.4, 0.5) is 0 Å². The van der Waals surface area contributed by atoms with E-state index in [4.69, 9.17) is 10.5 Å². The predicted octanol–water partition coefficient (Wildman–Crippen LogP) is 3.11. The Morgan fingerprint density at radius 1 is 1.21 bits per heavy atom. The normalized spacial score (nSPS) is 13.8. The molecule has 2 rings (SSSR count). The van der Waals surface area contributed by atoms with Crippen LogP contribution in [0.1, 0.15) is 31.1 Å². The van der Waals surface area contributed by atoms with E-state index in [2.05, 4.69) is 18.0 Å². The van der Waals surface area contributed by atoms with Gasteiger partial charge in [-0.3, -0.25) is 4.98 Å². The van der Waals surface area contributed by atoms with Crippen LogP contribution in [-0.2, 0) is 6.42 Å². The molecule has 0 aliphatic rings. The van der Waals surface area contributed by atoms with Crippen LogP contribution in [-0.4, -0.2) is 11.0 Å². The van der Waals surface area contributed by atoms with E-state index in [1.165, 1.54) is 5.56 Å². The van der Waals surface area contributed by atoms with Crippen molar-refractivity contribution in [1.82, 2.24) is 4.98 Å². The Kier molecular flexibility index (Phi) is 4.53. The Labute approximate surface area is 114 Å². The molecule has 0 spiro atoms. The number of aromatic nitrogens is 1. The van der Waals surface area contributed by atoms with Gasteiger partial charge < -0.3 is 10.5 Å². The number of nitrogens with zero attached hydrogens (tertiary/aromatic N) is 1. The average molecular weight is 256 g/mol. The quantitative estimate of drug-likeness (QED) is 0.894. The molecule has 19 heavy (non-hydrogen) atoms. The lowest BCUT2D eigenvalue weighted by atomic mass is 10.1. The maximum Gasteiger partial charge on any atom is 0.140 e. The monoisotopic (exact) mass is 256 g/mol. The largest absolute Gasteiger partial charge is 0.484 e. The summed E-state index contributed by atoms with van der Waals surface area (Å²) in [6, 6.07) is 11.9. The summed E-state index contributed by atoms with van der Waals surface area (Å²) in [5.41, 5.74) is 8.25. The lowest BCUT2D eigenvalue weighted by Crippen LogP contribution is -2.29. The van der Waals surface area contributed by atoms with Gasteiger partial charge in [-0.1, -0.05) is 31.2 Å². The van der Waals surface area contributed by atoms with Crippen molar-refractivity contribution < 1.29 is 4.74 Å². The van der Waals surface area contributed by atoms with Crippen LogP contribution in [0.5, 0.6) is 5.75 Å². The maximum absolute atomic E-state index is 6.12. The van der Waals surface area contributed by atoms with E-state index in [0.717, 1.165) is 17.7 Å². The van der Waals surface area contributed by atoms with E-state index in [1.54, 1.807) is 6.20 Å². The number of ether oxygens (including phenoxy) is 1. The lowest BCUT2D eigenvalue weighted by Gasteiger charge is -2.24. The Balaban J connectivity index is 2.27. The molecule has 100 valence electrons. The highest BCUT2D eigenvalue weighted by molar-refractivity contribution is 5.34. The zero-order valence-corrected chi connectivity index (χ0v) is 11.4. The van der Waals surface area contributed by atoms with Crippen molar-refractivity contribution in [2.45, 2.75) is 32.4 Å². The average Bonchev–Trinajstić information content (AvgIpc) is 2.45. The molecule has 3 nitrogen and oxygen atoms in total. The van der Waals surface area contributed by atoms with Crippen LogP contribution in [0.3, 0.4) is 0 Å². The lowest BCUT2D eigenvalue weighted by molar-refractivity contribution is 0.178. The summed E-state index contributed by atoms with van der Waals surface area (Å²) in [6.45, 7) is 4.07. The second-order valence-electron chi connectivity index (χ2n) is 4.65. The van der Waals surface area contributed by atoms with E-state index in [-0.39, 0.29) is 12.1 Å². The van der Waals surface area contributed by atoms with Gasteiger partial charge in [-0.25, -0.2) is 0 Å². The fraction of sp³-hybridized carbons (Fsp3) is 0.312. The molecule has 0 saturated heterocycles. The Hall–Kier alpha value is -1.87. The second-order valence-corrected chi connectivity index (χ2v) is 4.65. The second kappa shape index (κ2) is 6.34. The van der Waals surface area contributed by atoms with Crippen molar-refractivity contribution in [3.8, 4) is 5.75 Å². The minimum absolute atomic E-state index is 0.103. The van der Waals surface area contributed by atoms with Crippen LogP contribution < -0.4 is 10.5 Å². The number of benzene rings is 1. The molecule has 2 atom stereocenters. The van der Waals surface area contributed by atoms with Crippen molar-refractivity contribution in [3.63, 3.8) is 0 Å². The third-order valence-electron chi connectivity index (χ3n) is 3.10. The van der Waals surface area contributed by atoms with E-state index in [0.29, 0.717) is 0 Å². The van der Waals surface area contributed by atoms with Gasteiger partial charge >= 0.3 is 0 Å². The first kappa shape index (κ1) is 13.6. The topological polar surface area (TPSA) is 48.1 Å². The predicted molar refractivity (Wildman–Crippen MR) is 77.1 cm³/mol. The van der Waals surface area contributed by atoms with Crippen molar-refractivity contribution in [3.05, 3.63) is 59.9 Å². The van der Waals surface area contributed by atoms with Crippen LogP contribution in [0, 0.1) is 0 Å². The molecule has 3 heteroatoms. The van der Waals surface area contributed by atoms with Gasteiger partial charge in [-0.15, -0.1) is 0 Å². The zero-order chi connectivity index (χ0) is 13.7. The Bertz CT molecular complexity index is 511. The molecular weight excluding hydrogens is 236 g/mol. The number of hydrogen-bond donors (Lipinski definition) is 1. The van der Waals surface area contributed by atoms with Crippen LogP contribution in [0.15, 0.2) is 48.8 Å². The van der Waals surface area contributed by atoms with Crippen molar-refractivity contribution >= 4 is 0 Å². The summed E-state index contributed by atoms with van der Waals surface area (Å²) in [4.78, 5) is 4.14. The molecule has 0 saturated carbocycles. The first-order valence-electron chi connectivity index (χ1n) is 6.62. The molecule has 0 aliphatic carbocycles. The summed E-state index contributed by atoms with van der Waals surface area (Å²) in [7, 11) is 0. The molecule has 1 aromatic carbocycles. The van der Waals surface area contributed by atoms with E-state index in [9.17, 15) is 0 Å². The summed E-state index contributed by atoms with van der Waals surface area (Å²) in [5, 5.41) is 0. The van der Waals surface area contributed by atoms with Crippen LogP contribution in [0.2, 0.25) is 0 Å². The zero-order valence-electron chi connectivity index (χ0n) is 11.4. The van der Waals surface area contributed by atoms with Gasteiger partial charge in [0.05, 0.1) is 0 Å². The summed E-state index contributed by atoms with van der Waals surface area (Å²) in [5.74, 6) is 0.899. The molecule has 1 aromatic heterocycles. The minimum atomic E-state index is -0.179. The smallest absolute Gasteiger partial charge is 0.140 e. The highest BCUT2D eigenvalue weighted by Crippen LogP contribution is 2.27. The number of pyridine rings is 1. The molecular formula is C16H20N2O. The third kappa shape index (κ3) is 3.32. The molecule has 2 N–H and O–H groups in total. The molecule has 0 bridgehead atoms. The summed E-state index contributed by atoms with van der Waals surface area (Å²) >= 11 is 0. The van der Waals surface area contributed by atoms with Gasteiger partial charge in [0.25, 0.3) is 0 Å². The van der Waals surface area contributed by atoms with Gasteiger partial charge in [0, 0.05) is 24.0 Å². The molecule has 2 aromatic rings. The van der Waals surface area contributed by atoms with Gasteiger partial charge in [-0.05, 0) is 31.0 Å². The van der Waals surface area contributed by atoms with Crippen LogP contribution >= 0.6 is 0 Å². The number of nitrogens with two attached hydrogens (primary N) is 1. The molecule has 0 fully saturated rings. The van der Waals surface area contributed by atoms with Crippen molar-refractivity contribution in [1.29, 1.82) is 0 Å². The molecule has 0 amide bonds. The summed E-state index contributed by atoms with van der Waals surface area (Å²) < 4.78 is 6.12. The minimum Gasteiger partial charge on any atom is -0.484 e. The van der Waals surface area contributed by atoms with Gasteiger partial charge in [0.15, 0.2) is 0 Å². The number of rotatable bonds is 5. The van der Waals surface area contributed by atoms with Gasteiger partial charge in [0.1, 0.15) is 11.9 Å². The molecule has 2 unspecified atom stereocenters. The first-order chi connectivity index (χ1) is 9.22. The van der Waals surface area contributed by atoms with Crippen molar-refractivity contribution in [2.75, 3.05) is 0 Å². The SMILES string of the molecule is CCc1ccccc1OC(c1cccnc1)C(C)N. The number of para-hydroxylation sites is 1. The maximum atomic E-state index is 6.12. The van der Waals surface area contributed by atoms with Crippen molar-refractivity contribution in [2.24, 2.45) is 5.73 Å². The molecule has 0 aliphatic heterocycles. The Morgan fingerprint density at radius 3 is 2.63 bits per heavy atom. The highest BCUT2D eigenvalue weighted by Gasteiger charge is 2.19.